The van der Waals surface area contributed by atoms with Gasteiger partial charge in [-0.25, -0.2) is 0 Å². The fourth-order valence-electron chi connectivity index (χ4n) is 1.92. The molecule has 0 aromatic heterocycles. The van der Waals surface area contributed by atoms with E-state index >= 15 is 0 Å². The molecule has 1 fully saturated rings. The molecule has 21 heavy (non-hydrogen) atoms. The Morgan fingerprint density at radius 1 is 1.05 bits per heavy atom. The summed E-state index contributed by atoms with van der Waals surface area (Å²) in [6.45, 7) is 7.41. The van der Waals surface area contributed by atoms with E-state index in [-0.39, 0.29) is 6.10 Å². The lowest BCUT2D eigenvalue weighted by Gasteiger charge is -2.10. The second kappa shape index (κ2) is 9.03. The molecule has 0 aliphatic heterocycles. The summed E-state index contributed by atoms with van der Waals surface area (Å²) in [6, 6.07) is 9.01. The molecule has 0 heterocycles. The predicted octanol–water partition coefficient (Wildman–Crippen LogP) is 2.76. The zero-order valence-electron chi connectivity index (χ0n) is 13.1. The third-order valence-corrected chi connectivity index (χ3v) is 3.27. The van der Waals surface area contributed by atoms with Crippen LogP contribution in [0.1, 0.15) is 32.3 Å². The van der Waals surface area contributed by atoms with Crippen molar-refractivity contribution in [2.24, 2.45) is 0 Å². The summed E-state index contributed by atoms with van der Waals surface area (Å²) >= 11 is 0. The molecule has 118 valence electrons. The SMILES string of the molecule is CC(C)OCCOCCOc1ccc(CNC2CC2)cc1. The van der Waals surface area contributed by atoms with Crippen LogP contribution in [-0.4, -0.2) is 38.6 Å². The lowest BCUT2D eigenvalue weighted by Crippen LogP contribution is -2.15. The van der Waals surface area contributed by atoms with E-state index < -0.39 is 0 Å². The van der Waals surface area contributed by atoms with Gasteiger partial charge >= 0.3 is 0 Å². The van der Waals surface area contributed by atoms with Gasteiger partial charge in [0.05, 0.1) is 25.9 Å². The van der Waals surface area contributed by atoms with Crippen molar-refractivity contribution in [1.29, 1.82) is 0 Å². The maximum atomic E-state index is 5.64. The van der Waals surface area contributed by atoms with Gasteiger partial charge in [0.25, 0.3) is 0 Å². The van der Waals surface area contributed by atoms with Crippen LogP contribution in [0.5, 0.6) is 5.75 Å². The lowest BCUT2D eigenvalue weighted by molar-refractivity contribution is 0.0124. The van der Waals surface area contributed by atoms with E-state index in [0.29, 0.717) is 26.4 Å². The van der Waals surface area contributed by atoms with Crippen LogP contribution in [0.3, 0.4) is 0 Å². The molecule has 1 N–H and O–H groups in total. The fraction of sp³-hybridized carbons (Fsp3) is 0.647. The van der Waals surface area contributed by atoms with Crippen molar-refractivity contribution in [1.82, 2.24) is 5.32 Å². The Kier molecular flexibility index (Phi) is 7.00. The summed E-state index contributed by atoms with van der Waals surface area (Å²) in [6.07, 6.45) is 2.91. The smallest absolute Gasteiger partial charge is 0.119 e. The van der Waals surface area contributed by atoms with E-state index in [0.717, 1.165) is 18.3 Å². The second-order valence-electron chi connectivity index (χ2n) is 5.68. The maximum Gasteiger partial charge on any atom is 0.119 e. The van der Waals surface area contributed by atoms with Crippen molar-refractivity contribution in [3.8, 4) is 5.75 Å². The molecule has 0 spiro atoms. The van der Waals surface area contributed by atoms with Gasteiger partial charge in [0.15, 0.2) is 0 Å². The molecule has 1 aromatic rings. The summed E-state index contributed by atoms with van der Waals surface area (Å²) < 4.78 is 16.5. The normalized spacial score (nSPS) is 14.6. The quantitative estimate of drug-likeness (QED) is 0.637. The molecular weight excluding hydrogens is 266 g/mol. The van der Waals surface area contributed by atoms with E-state index in [9.17, 15) is 0 Å². The van der Waals surface area contributed by atoms with Crippen LogP contribution >= 0.6 is 0 Å². The number of hydrogen-bond acceptors (Lipinski definition) is 4. The van der Waals surface area contributed by atoms with Crippen LogP contribution in [0.2, 0.25) is 0 Å². The molecule has 0 atom stereocenters. The van der Waals surface area contributed by atoms with Crippen LogP contribution in [-0.2, 0) is 16.0 Å². The van der Waals surface area contributed by atoms with Crippen LogP contribution in [0.15, 0.2) is 24.3 Å². The highest BCUT2D eigenvalue weighted by atomic mass is 16.5. The van der Waals surface area contributed by atoms with E-state index in [1.165, 1.54) is 18.4 Å². The molecule has 0 bridgehead atoms. The molecule has 0 saturated heterocycles. The highest BCUT2D eigenvalue weighted by Crippen LogP contribution is 2.19. The van der Waals surface area contributed by atoms with Crippen LogP contribution < -0.4 is 10.1 Å². The average Bonchev–Trinajstić information content (AvgIpc) is 3.29. The highest BCUT2D eigenvalue weighted by molar-refractivity contribution is 5.27. The number of hydrogen-bond donors (Lipinski definition) is 1. The first-order chi connectivity index (χ1) is 10.2. The van der Waals surface area contributed by atoms with Crippen molar-refractivity contribution >= 4 is 0 Å². The van der Waals surface area contributed by atoms with Crippen LogP contribution in [0.25, 0.3) is 0 Å². The van der Waals surface area contributed by atoms with Gasteiger partial charge in [-0.1, -0.05) is 12.1 Å². The van der Waals surface area contributed by atoms with Crippen molar-refractivity contribution in [3.63, 3.8) is 0 Å². The van der Waals surface area contributed by atoms with Gasteiger partial charge in [0.1, 0.15) is 12.4 Å². The largest absolute Gasteiger partial charge is 0.491 e. The third-order valence-electron chi connectivity index (χ3n) is 3.27. The van der Waals surface area contributed by atoms with Gasteiger partial charge in [-0.2, -0.15) is 0 Å². The minimum atomic E-state index is 0.262. The zero-order valence-corrected chi connectivity index (χ0v) is 13.1. The summed E-state index contributed by atoms with van der Waals surface area (Å²) in [5.74, 6) is 0.896. The van der Waals surface area contributed by atoms with Crippen molar-refractivity contribution in [2.45, 2.75) is 45.4 Å². The van der Waals surface area contributed by atoms with E-state index in [1.807, 2.05) is 26.0 Å². The monoisotopic (exact) mass is 293 g/mol. The van der Waals surface area contributed by atoms with E-state index in [4.69, 9.17) is 14.2 Å². The Hall–Kier alpha value is -1.10. The first-order valence-electron chi connectivity index (χ1n) is 7.88. The maximum absolute atomic E-state index is 5.64. The molecule has 1 aliphatic carbocycles. The van der Waals surface area contributed by atoms with Gasteiger partial charge in [0, 0.05) is 12.6 Å². The molecule has 0 amide bonds. The Morgan fingerprint density at radius 3 is 2.43 bits per heavy atom. The number of rotatable bonds is 11. The van der Waals surface area contributed by atoms with Crippen molar-refractivity contribution in [3.05, 3.63) is 29.8 Å². The molecule has 1 aromatic carbocycles. The minimum Gasteiger partial charge on any atom is -0.491 e. The topological polar surface area (TPSA) is 39.7 Å². The standard InChI is InChI=1S/C17H27NO3/c1-14(2)20-11-9-19-10-12-21-17-7-3-15(4-8-17)13-18-16-5-6-16/h3-4,7-8,14,16,18H,5-6,9-13H2,1-2H3. The summed E-state index contributed by atoms with van der Waals surface area (Å²) in [7, 11) is 0. The minimum absolute atomic E-state index is 0.262. The van der Waals surface area contributed by atoms with Gasteiger partial charge in [-0.05, 0) is 44.4 Å². The first-order valence-corrected chi connectivity index (χ1v) is 7.88. The Balaban J connectivity index is 1.51. The van der Waals surface area contributed by atoms with Crippen LogP contribution in [0, 0.1) is 0 Å². The van der Waals surface area contributed by atoms with Crippen LogP contribution in [0.4, 0.5) is 0 Å². The van der Waals surface area contributed by atoms with Gasteiger partial charge in [-0.3, -0.25) is 0 Å². The van der Waals surface area contributed by atoms with Gasteiger partial charge in [0.2, 0.25) is 0 Å². The molecule has 2 rings (SSSR count). The van der Waals surface area contributed by atoms with E-state index in [1.54, 1.807) is 0 Å². The average molecular weight is 293 g/mol. The third kappa shape index (κ3) is 7.46. The van der Waals surface area contributed by atoms with Gasteiger partial charge < -0.3 is 19.5 Å². The van der Waals surface area contributed by atoms with E-state index in [2.05, 4.69) is 17.4 Å². The zero-order chi connectivity index (χ0) is 14.9. The molecule has 1 aliphatic rings. The Bertz CT molecular complexity index is 388. The summed E-state index contributed by atoms with van der Waals surface area (Å²) in [5.41, 5.74) is 1.30. The molecule has 1 saturated carbocycles. The number of nitrogens with one attached hydrogen (secondary N) is 1. The number of benzene rings is 1. The highest BCUT2D eigenvalue weighted by Gasteiger charge is 2.19. The molecule has 0 radical (unpaired) electrons. The van der Waals surface area contributed by atoms with Crippen molar-refractivity contribution in [2.75, 3.05) is 26.4 Å². The lowest BCUT2D eigenvalue weighted by atomic mass is 10.2. The Morgan fingerprint density at radius 2 is 1.76 bits per heavy atom. The second-order valence-corrected chi connectivity index (χ2v) is 5.68. The van der Waals surface area contributed by atoms with Gasteiger partial charge in [-0.15, -0.1) is 0 Å². The molecule has 4 heteroatoms. The molecule has 0 unspecified atom stereocenters. The first kappa shape index (κ1) is 16.3. The fourth-order valence-corrected chi connectivity index (χ4v) is 1.92. The Labute approximate surface area is 127 Å². The summed E-state index contributed by atoms with van der Waals surface area (Å²) in [4.78, 5) is 0. The predicted molar refractivity (Wildman–Crippen MR) is 83.7 cm³/mol. The molecule has 4 nitrogen and oxygen atoms in total. The summed E-state index contributed by atoms with van der Waals surface area (Å²) in [5, 5.41) is 3.50. The van der Waals surface area contributed by atoms with Crippen molar-refractivity contribution < 1.29 is 14.2 Å². The number of ether oxygens (including phenoxy) is 3. The molecular formula is C17H27NO3.